The van der Waals surface area contributed by atoms with E-state index in [9.17, 15) is 9.18 Å². The molecule has 140 valence electrons. The second-order valence-corrected chi connectivity index (χ2v) is 6.45. The van der Waals surface area contributed by atoms with Gasteiger partial charge in [-0.3, -0.25) is 9.78 Å². The fourth-order valence-electron chi connectivity index (χ4n) is 3.00. The fraction of sp³-hybridized carbons (Fsp3) is 0.143. The Hall–Kier alpha value is -3.61. The van der Waals surface area contributed by atoms with Crippen molar-refractivity contribution < 1.29 is 4.39 Å². The van der Waals surface area contributed by atoms with E-state index in [2.05, 4.69) is 20.3 Å². The molecule has 0 aliphatic rings. The number of alkyl halides is 1. The fourth-order valence-corrected chi connectivity index (χ4v) is 3.00. The molecule has 3 aromatic heterocycles. The molecular formula is C21H18FN5O. The van der Waals surface area contributed by atoms with Crippen molar-refractivity contribution in [3.8, 4) is 11.3 Å². The van der Waals surface area contributed by atoms with Gasteiger partial charge in [-0.15, -0.1) is 0 Å². The lowest BCUT2D eigenvalue weighted by atomic mass is 10.1. The van der Waals surface area contributed by atoms with Crippen molar-refractivity contribution in [1.82, 2.24) is 19.5 Å². The predicted molar refractivity (Wildman–Crippen MR) is 107 cm³/mol. The van der Waals surface area contributed by atoms with E-state index in [1.54, 1.807) is 43.7 Å². The number of hydrogen-bond acceptors (Lipinski definition) is 5. The Labute approximate surface area is 160 Å². The summed E-state index contributed by atoms with van der Waals surface area (Å²) >= 11 is 0. The van der Waals surface area contributed by atoms with Crippen LogP contribution in [0.5, 0.6) is 0 Å². The van der Waals surface area contributed by atoms with Gasteiger partial charge in [-0.1, -0.05) is 18.2 Å². The molecule has 4 rings (SSSR count). The van der Waals surface area contributed by atoms with Gasteiger partial charge in [0.25, 0.3) is 5.56 Å². The molecule has 0 fully saturated rings. The number of aromatic nitrogens is 4. The summed E-state index contributed by atoms with van der Waals surface area (Å²) in [6, 6.07) is 12.7. The van der Waals surface area contributed by atoms with Crippen LogP contribution < -0.4 is 10.9 Å². The van der Waals surface area contributed by atoms with Crippen molar-refractivity contribution in [2.75, 3.05) is 5.32 Å². The van der Waals surface area contributed by atoms with E-state index in [-0.39, 0.29) is 5.56 Å². The molecule has 0 atom stereocenters. The highest BCUT2D eigenvalue weighted by Gasteiger charge is 2.13. The average Bonchev–Trinajstić information content (AvgIpc) is 2.75. The average molecular weight is 375 g/mol. The van der Waals surface area contributed by atoms with Gasteiger partial charge in [0.2, 0.25) is 0 Å². The highest BCUT2D eigenvalue weighted by atomic mass is 19.1. The molecule has 0 bridgehead atoms. The van der Waals surface area contributed by atoms with E-state index < -0.39 is 6.67 Å². The number of anilines is 1. The number of pyridine rings is 2. The van der Waals surface area contributed by atoms with Crippen molar-refractivity contribution in [3.63, 3.8) is 0 Å². The van der Waals surface area contributed by atoms with E-state index >= 15 is 0 Å². The summed E-state index contributed by atoms with van der Waals surface area (Å²) in [6.45, 7) is -0.0655. The maximum absolute atomic E-state index is 13.1. The lowest BCUT2D eigenvalue weighted by molar-refractivity contribution is 0.485. The van der Waals surface area contributed by atoms with Gasteiger partial charge < -0.3 is 9.88 Å². The molecule has 6 nitrogen and oxygen atoms in total. The predicted octanol–water partition coefficient (Wildman–Crippen LogP) is 3.47. The molecule has 0 amide bonds. The number of rotatable bonds is 5. The zero-order valence-corrected chi connectivity index (χ0v) is 15.3. The first-order valence-electron chi connectivity index (χ1n) is 8.80. The topological polar surface area (TPSA) is 72.7 Å². The standard InChI is InChI=1S/C21H18FN5O/c1-27-13-25-18-10-17(16-4-2-3-15(9-16)11-22)26-20(19(18)21(27)28)24-12-14-5-7-23-8-6-14/h2-10,13H,11-12H2,1H3,(H,24,26). The molecule has 3 heterocycles. The zero-order valence-electron chi connectivity index (χ0n) is 15.3. The minimum absolute atomic E-state index is 0.182. The minimum atomic E-state index is -0.548. The summed E-state index contributed by atoms with van der Waals surface area (Å²) in [5.41, 5.74) is 3.33. The molecule has 1 N–H and O–H groups in total. The van der Waals surface area contributed by atoms with Gasteiger partial charge in [-0.05, 0) is 35.4 Å². The second-order valence-electron chi connectivity index (χ2n) is 6.45. The van der Waals surface area contributed by atoms with Crippen molar-refractivity contribution in [2.45, 2.75) is 13.2 Å². The van der Waals surface area contributed by atoms with Gasteiger partial charge in [0, 0.05) is 31.5 Å². The van der Waals surface area contributed by atoms with Crippen molar-refractivity contribution in [1.29, 1.82) is 0 Å². The summed E-state index contributed by atoms with van der Waals surface area (Å²) in [4.78, 5) is 25.7. The molecule has 0 aliphatic heterocycles. The summed E-state index contributed by atoms with van der Waals surface area (Å²) in [6.07, 6.45) is 4.91. The van der Waals surface area contributed by atoms with E-state index in [0.717, 1.165) is 11.1 Å². The molecule has 0 spiro atoms. The van der Waals surface area contributed by atoms with Crippen LogP contribution in [0, 0.1) is 0 Å². The first kappa shape index (κ1) is 17.8. The van der Waals surface area contributed by atoms with E-state index in [0.29, 0.717) is 34.5 Å². The molecule has 1 aromatic carbocycles. The van der Waals surface area contributed by atoms with Gasteiger partial charge in [-0.2, -0.15) is 0 Å². The summed E-state index contributed by atoms with van der Waals surface area (Å²) in [7, 11) is 1.65. The van der Waals surface area contributed by atoms with Crippen LogP contribution in [-0.4, -0.2) is 19.5 Å². The van der Waals surface area contributed by atoms with E-state index in [1.165, 1.54) is 10.9 Å². The maximum Gasteiger partial charge on any atom is 0.264 e. The quantitative estimate of drug-likeness (QED) is 0.578. The monoisotopic (exact) mass is 375 g/mol. The Balaban J connectivity index is 1.84. The number of halogens is 1. The number of aryl methyl sites for hydroxylation is 1. The molecule has 0 unspecified atom stereocenters. The molecule has 7 heteroatoms. The number of nitrogens with zero attached hydrogens (tertiary/aromatic N) is 4. The first-order valence-corrected chi connectivity index (χ1v) is 8.80. The van der Waals surface area contributed by atoms with Gasteiger partial charge >= 0.3 is 0 Å². The van der Waals surface area contributed by atoms with Crippen LogP contribution in [-0.2, 0) is 20.3 Å². The lowest BCUT2D eigenvalue weighted by Gasteiger charge is -2.12. The highest BCUT2D eigenvalue weighted by molar-refractivity contribution is 5.91. The highest BCUT2D eigenvalue weighted by Crippen LogP contribution is 2.26. The Bertz CT molecular complexity index is 1190. The molecule has 4 aromatic rings. The van der Waals surface area contributed by atoms with Gasteiger partial charge in [0.05, 0.1) is 17.5 Å². The van der Waals surface area contributed by atoms with Gasteiger partial charge in [-0.25, -0.2) is 14.4 Å². The third-order valence-corrected chi connectivity index (χ3v) is 4.49. The Morgan fingerprint density at radius 3 is 2.71 bits per heavy atom. The lowest BCUT2D eigenvalue weighted by Crippen LogP contribution is -2.19. The molecule has 0 saturated heterocycles. The summed E-state index contributed by atoms with van der Waals surface area (Å²) in [5, 5.41) is 3.67. The molecule has 0 radical (unpaired) electrons. The molecular weight excluding hydrogens is 357 g/mol. The van der Waals surface area contributed by atoms with Gasteiger partial charge in [0.1, 0.15) is 17.9 Å². The Morgan fingerprint density at radius 1 is 1.11 bits per heavy atom. The third kappa shape index (κ3) is 3.46. The smallest absolute Gasteiger partial charge is 0.264 e. The SMILES string of the molecule is Cn1cnc2cc(-c3cccc(CF)c3)nc(NCc3ccncc3)c2c1=O. The van der Waals surface area contributed by atoms with Crippen LogP contribution in [0.15, 0.2) is 66.0 Å². The van der Waals surface area contributed by atoms with Crippen LogP contribution >= 0.6 is 0 Å². The first-order chi connectivity index (χ1) is 13.7. The third-order valence-electron chi connectivity index (χ3n) is 4.49. The zero-order chi connectivity index (χ0) is 19.5. The number of benzene rings is 1. The molecule has 0 aliphatic carbocycles. The van der Waals surface area contributed by atoms with Crippen molar-refractivity contribution in [3.05, 3.63) is 82.7 Å². The van der Waals surface area contributed by atoms with E-state index in [4.69, 9.17) is 0 Å². The van der Waals surface area contributed by atoms with Crippen LogP contribution in [0.25, 0.3) is 22.2 Å². The van der Waals surface area contributed by atoms with Crippen LogP contribution in [0.1, 0.15) is 11.1 Å². The molecule has 0 saturated carbocycles. The van der Waals surface area contributed by atoms with Gasteiger partial charge in [0.15, 0.2) is 0 Å². The molecule has 28 heavy (non-hydrogen) atoms. The number of fused-ring (bicyclic) bond motifs is 1. The Morgan fingerprint density at radius 2 is 1.93 bits per heavy atom. The number of nitrogens with one attached hydrogen (secondary N) is 1. The van der Waals surface area contributed by atoms with Crippen molar-refractivity contribution in [2.24, 2.45) is 7.05 Å². The van der Waals surface area contributed by atoms with Crippen LogP contribution in [0.2, 0.25) is 0 Å². The summed E-state index contributed by atoms with van der Waals surface area (Å²) in [5.74, 6) is 0.448. The Kier molecular flexibility index (Phi) is 4.80. The van der Waals surface area contributed by atoms with E-state index in [1.807, 2.05) is 18.2 Å². The van der Waals surface area contributed by atoms with Crippen LogP contribution in [0.4, 0.5) is 10.2 Å². The minimum Gasteiger partial charge on any atom is -0.365 e. The summed E-state index contributed by atoms with van der Waals surface area (Å²) < 4.78 is 14.5. The normalized spacial score (nSPS) is 10.9. The second kappa shape index (κ2) is 7.56. The maximum atomic E-state index is 13.1. The largest absolute Gasteiger partial charge is 0.365 e. The van der Waals surface area contributed by atoms with Crippen molar-refractivity contribution >= 4 is 16.7 Å². The number of hydrogen-bond donors (Lipinski definition) is 1. The van der Waals surface area contributed by atoms with Crippen LogP contribution in [0.3, 0.4) is 0 Å².